The maximum atomic E-state index is 11.8. The van der Waals surface area contributed by atoms with E-state index in [9.17, 15) is 13.2 Å². The third-order valence-corrected chi connectivity index (χ3v) is 2.38. The summed E-state index contributed by atoms with van der Waals surface area (Å²) in [5.74, 6) is 0.578. The highest BCUT2D eigenvalue weighted by Crippen LogP contribution is 2.22. The van der Waals surface area contributed by atoms with Gasteiger partial charge in [0.15, 0.2) is 0 Å². The molecule has 0 saturated heterocycles. The van der Waals surface area contributed by atoms with Crippen molar-refractivity contribution in [3.05, 3.63) is 28.8 Å². The van der Waals surface area contributed by atoms with Crippen LogP contribution in [0.15, 0.2) is 18.2 Å². The average Bonchev–Trinajstić information content (AvgIpc) is 2.30. The summed E-state index contributed by atoms with van der Waals surface area (Å²) in [5, 5.41) is 3.53. The van der Waals surface area contributed by atoms with Crippen LogP contribution in [-0.4, -0.2) is 33.0 Å². The normalized spacial score (nSPS) is 11.6. The van der Waals surface area contributed by atoms with Crippen molar-refractivity contribution in [2.24, 2.45) is 0 Å². The summed E-state index contributed by atoms with van der Waals surface area (Å²) in [6, 6.07) is 5.08. The van der Waals surface area contributed by atoms with Crippen molar-refractivity contribution in [3.63, 3.8) is 0 Å². The number of nitrogens with one attached hydrogen (secondary N) is 1. The molecule has 1 aromatic carbocycles. The van der Waals surface area contributed by atoms with Crippen LogP contribution in [0, 0.1) is 0 Å². The molecule has 108 valence electrons. The summed E-state index contributed by atoms with van der Waals surface area (Å²) in [4.78, 5) is 0. The lowest BCUT2D eigenvalue weighted by Crippen LogP contribution is -2.19. The van der Waals surface area contributed by atoms with Crippen molar-refractivity contribution in [1.82, 2.24) is 5.32 Å². The first kappa shape index (κ1) is 16.1. The second-order valence-corrected chi connectivity index (χ2v) is 4.24. The molecule has 3 nitrogen and oxygen atoms in total. The van der Waals surface area contributed by atoms with E-state index in [2.05, 4.69) is 10.1 Å². The first-order valence-electron chi connectivity index (χ1n) is 5.62. The van der Waals surface area contributed by atoms with Gasteiger partial charge in [0.2, 0.25) is 0 Å². The molecule has 0 unspecified atom stereocenters. The van der Waals surface area contributed by atoms with Crippen LogP contribution in [0.5, 0.6) is 5.75 Å². The molecule has 1 N–H and O–H groups in total. The van der Waals surface area contributed by atoms with Crippen LogP contribution < -0.4 is 10.1 Å². The quantitative estimate of drug-likeness (QED) is 0.785. The van der Waals surface area contributed by atoms with E-state index in [1.165, 1.54) is 0 Å². The Morgan fingerprint density at radius 2 is 2.00 bits per heavy atom. The minimum Gasteiger partial charge on any atom is -0.491 e. The van der Waals surface area contributed by atoms with E-state index < -0.39 is 12.8 Å². The van der Waals surface area contributed by atoms with Crippen LogP contribution in [0.25, 0.3) is 0 Å². The predicted molar refractivity (Wildman–Crippen MR) is 66.6 cm³/mol. The van der Waals surface area contributed by atoms with Crippen molar-refractivity contribution < 1.29 is 22.6 Å². The molecular weight excluding hydrogens is 283 g/mol. The zero-order chi connectivity index (χ0) is 14.3. The zero-order valence-electron chi connectivity index (χ0n) is 10.4. The monoisotopic (exact) mass is 297 g/mol. The lowest BCUT2D eigenvalue weighted by molar-refractivity contribution is -0.175. The number of alkyl halides is 3. The molecule has 0 aliphatic heterocycles. The van der Waals surface area contributed by atoms with E-state index in [0.29, 0.717) is 17.3 Å². The Balaban J connectivity index is 2.40. The highest BCUT2D eigenvalue weighted by Gasteiger charge is 2.27. The van der Waals surface area contributed by atoms with Gasteiger partial charge >= 0.3 is 6.18 Å². The Morgan fingerprint density at radius 3 is 2.63 bits per heavy atom. The molecular formula is C12H15ClF3NO2. The lowest BCUT2D eigenvalue weighted by Gasteiger charge is -2.12. The third kappa shape index (κ3) is 6.66. The summed E-state index contributed by atoms with van der Waals surface area (Å²) < 4.78 is 45.3. The van der Waals surface area contributed by atoms with Crippen LogP contribution in [0.1, 0.15) is 5.56 Å². The molecule has 0 heterocycles. The third-order valence-electron chi connectivity index (χ3n) is 2.14. The van der Waals surface area contributed by atoms with Gasteiger partial charge in [-0.25, -0.2) is 0 Å². The highest BCUT2D eigenvalue weighted by atomic mass is 35.5. The molecule has 0 spiro atoms. The Kier molecular flexibility index (Phi) is 6.41. The smallest absolute Gasteiger partial charge is 0.411 e. The van der Waals surface area contributed by atoms with Crippen LogP contribution in [0.3, 0.4) is 0 Å². The molecule has 1 aromatic rings. The number of benzene rings is 1. The van der Waals surface area contributed by atoms with Gasteiger partial charge in [0.1, 0.15) is 19.0 Å². The largest absolute Gasteiger partial charge is 0.491 e. The first-order valence-corrected chi connectivity index (χ1v) is 6.00. The van der Waals surface area contributed by atoms with Gasteiger partial charge in [-0.2, -0.15) is 13.2 Å². The average molecular weight is 298 g/mol. The summed E-state index contributed by atoms with van der Waals surface area (Å²) in [7, 11) is 1.77. The van der Waals surface area contributed by atoms with Crippen molar-refractivity contribution in [3.8, 4) is 5.75 Å². The number of hydrogen-bond donors (Lipinski definition) is 1. The predicted octanol–water partition coefficient (Wildman–Crippen LogP) is 3.02. The van der Waals surface area contributed by atoms with E-state index in [0.717, 1.165) is 5.56 Å². The van der Waals surface area contributed by atoms with Gasteiger partial charge < -0.3 is 14.8 Å². The SMILES string of the molecule is CNCc1cc(Cl)ccc1OCCOCC(F)(F)F. The molecule has 0 amide bonds. The van der Waals surface area contributed by atoms with Crippen molar-refractivity contribution >= 4 is 11.6 Å². The Labute approximate surface area is 114 Å². The van der Waals surface area contributed by atoms with E-state index in [-0.39, 0.29) is 13.2 Å². The van der Waals surface area contributed by atoms with Crippen molar-refractivity contribution in [2.45, 2.75) is 12.7 Å². The molecule has 19 heavy (non-hydrogen) atoms. The van der Waals surface area contributed by atoms with Crippen LogP contribution in [0.2, 0.25) is 5.02 Å². The second kappa shape index (κ2) is 7.57. The highest BCUT2D eigenvalue weighted by molar-refractivity contribution is 6.30. The molecule has 7 heteroatoms. The molecule has 1 rings (SSSR count). The van der Waals surface area contributed by atoms with E-state index in [1.54, 1.807) is 25.2 Å². The van der Waals surface area contributed by atoms with Gasteiger partial charge in [-0.1, -0.05) is 11.6 Å². The van der Waals surface area contributed by atoms with E-state index in [4.69, 9.17) is 16.3 Å². The zero-order valence-corrected chi connectivity index (χ0v) is 11.1. The maximum absolute atomic E-state index is 11.8. The van der Waals surface area contributed by atoms with E-state index in [1.807, 2.05) is 0 Å². The molecule has 0 aromatic heterocycles. The Bertz CT molecular complexity index is 399. The fourth-order valence-corrected chi connectivity index (χ4v) is 1.61. The summed E-state index contributed by atoms with van der Waals surface area (Å²) in [6.45, 7) is -0.783. The molecule has 0 atom stereocenters. The molecule has 0 aliphatic rings. The van der Waals surface area contributed by atoms with Crippen molar-refractivity contribution in [1.29, 1.82) is 0 Å². The molecule has 0 saturated carbocycles. The molecule has 0 fully saturated rings. The topological polar surface area (TPSA) is 30.5 Å². The molecule has 0 bridgehead atoms. The van der Waals surface area contributed by atoms with Crippen LogP contribution in [0.4, 0.5) is 13.2 Å². The fraction of sp³-hybridized carbons (Fsp3) is 0.500. The number of hydrogen-bond acceptors (Lipinski definition) is 3. The van der Waals surface area contributed by atoms with Gasteiger partial charge in [0.25, 0.3) is 0 Å². The summed E-state index contributed by atoms with van der Waals surface area (Å²) in [5.41, 5.74) is 0.839. The van der Waals surface area contributed by atoms with Gasteiger partial charge in [0, 0.05) is 17.1 Å². The van der Waals surface area contributed by atoms with Crippen LogP contribution >= 0.6 is 11.6 Å². The second-order valence-electron chi connectivity index (χ2n) is 3.80. The van der Waals surface area contributed by atoms with E-state index >= 15 is 0 Å². The van der Waals surface area contributed by atoms with Gasteiger partial charge in [0.05, 0.1) is 6.61 Å². The molecule has 0 aliphatic carbocycles. The van der Waals surface area contributed by atoms with Crippen molar-refractivity contribution in [2.75, 3.05) is 26.9 Å². The summed E-state index contributed by atoms with van der Waals surface area (Å²) >= 11 is 5.85. The minimum atomic E-state index is -4.31. The number of halogens is 4. The van der Waals surface area contributed by atoms with Gasteiger partial charge in [-0.15, -0.1) is 0 Å². The van der Waals surface area contributed by atoms with Gasteiger partial charge in [-0.05, 0) is 25.2 Å². The standard InChI is InChI=1S/C12H15ClF3NO2/c1-17-7-9-6-10(13)2-3-11(9)19-5-4-18-8-12(14,15)16/h2-3,6,17H,4-5,7-8H2,1H3. The van der Waals surface area contributed by atoms with Crippen LogP contribution in [-0.2, 0) is 11.3 Å². The van der Waals surface area contributed by atoms with Gasteiger partial charge in [-0.3, -0.25) is 0 Å². The summed E-state index contributed by atoms with van der Waals surface area (Å²) in [6.07, 6.45) is -4.31. The Morgan fingerprint density at radius 1 is 1.26 bits per heavy atom. The molecule has 0 radical (unpaired) electrons. The Hall–Kier alpha value is -0.980. The minimum absolute atomic E-state index is 0.0500. The number of ether oxygens (including phenoxy) is 2. The maximum Gasteiger partial charge on any atom is 0.411 e. The number of rotatable bonds is 7. The fourth-order valence-electron chi connectivity index (χ4n) is 1.42. The lowest BCUT2D eigenvalue weighted by atomic mass is 10.2. The first-order chi connectivity index (χ1) is 8.92.